The highest BCUT2D eigenvalue weighted by Gasteiger charge is 2.15. The van der Waals surface area contributed by atoms with Gasteiger partial charge in [-0.15, -0.1) is 0 Å². The zero-order chi connectivity index (χ0) is 14.1. The van der Waals surface area contributed by atoms with Gasteiger partial charge in [0.25, 0.3) is 0 Å². The Morgan fingerprint density at radius 3 is 2.75 bits per heavy atom. The van der Waals surface area contributed by atoms with Gasteiger partial charge in [-0.05, 0) is 42.3 Å². The largest absolute Gasteiger partial charge is 0.458 e. The molecule has 1 atom stereocenters. The van der Waals surface area contributed by atoms with Crippen LogP contribution in [0.5, 0.6) is 0 Å². The molecule has 0 amide bonds. The van der Waals surface area contributed by atoms with Gasteiger partial charge in [-0.2, -0.15) is 0 Å². The molecule has 102 valence electrons. The van der Waals surface area contributed by atoms with Crippen LogP contribution in [0, 0.1) is 12.7 Å². The Balaban J connectivity index is 1.88. The molecule has 0 radical (unpaired) electrons. The summed E-state index contributed by atoms with van der Waals surface area (Å²) in [6, 6.07) is 14.0. The molecule has 0 aliphatic carbocycles. The van der Waals surface area contributed by atoms with E-state index in [1.165, 1.54) is 12.1 Å². The van der Waals surface area contributed by atoms with Gasteiger partial charge in [0, 0.05) is 11.8 Å². The summed E-state index contributed by atoms with van der Waals surface area (Å²) in [5, 5.41) is 11.2. The molecule has 2 aromatic carbocycles. The van der Waals surface area contributed by atoms with Crippen LogP contribution in [0.2, 0.25) is 0 Å². The Morgan fingerprint density at radius 1 is 1.15 bits per heavy atom. The molecule has 20 heavy (non-hydrogen) atoms. The van der Waals surface area contributed by atoms with Gasteiger partial charge in [0.05, 0.1) is 0 Å². The van der Waals surface area contributed by atoms with Crippen molar-refractivity contribution in [2.75, 3.05) is 0 Å². The number of hydrogen-bond donors (Lipinski definition) is 1. The first-order chi connectivity index (χ1) is 9.63. The van der Waals surface area contributed by atoms with E-state index in [9.17, 15) is 9.50 Å². The Hall–Kier alpha value is -2.13. The first-order valence-electron chi connectivity index (χ1n) is 6.55. The van der Waals surface area contributed by atoms with Crippen molar-refractivity contribution in [2.45, 2.75) is 19.4 Å². The van der Waals surface area contributed by atoms with E-state index in [4.69, 9.17) is 4.42 Å². The van der Waals surface area contributed by atoms with Crippen LogP contribution in [-0.2, 0) is 6.42 Å². The number of fused-ring (bicyclic) bond motifs is 1. The molecule has 0 spiro atoms. The molecule has 0 aliphatic heterocycles. The predicted octanol–water partition coefficient (Wildman–Crippen LogP) is 4.16. The Labute approximate surface area is 116 Å². The molecular formula is C17H15FO2. The molecule has 1 aromatic heterocycles. The predicted molar refractivity (Wildman–Crippen MR) is 76.0 cm³/mol. The van der Waals surface area contributed by atoms with Crippen molar-refractivity contribution < 1.29 is 13.9 Å². The van der Waals surface area contributed by atoms with Gasteiger partial charge >= 0.3 is 0 Å². The molecule has 3 rings (SSSR count). The van der Waals surface area contributed by atoms with Gasteiger partial charge in [0.15, 0.2) is 0 Å². The van der Waals surface area contributed by atoms with Crippen molar-refractivity contribution >= 4 is 11.0 Å². The number of benzene rings is 2. The Kier molecular flexibility index (Phi) is 3.28. The van der Waals surface area contributed by atoms with Crippen molar-refractivity contribution in [2.24, 2.45) is 0 Å². The quantitative estimate of drug-likeness (QED) is 0.775. The normalized spacial score (nSPS) is 12.8. The fourth-order valence-electron chi connectivity index (χ4n) is 2.34. The van der Waals surface area contributed by atoms with E-state index in [1.807, 2.05) is 37.3 Å². The zero-order valence-corrected chi connectivity index (χ0v) is 11.1. The highest BCUT2D eigenvalue weighted by atomic mass is 19.1. The van der Waals surface area contributed by atoms with Crippen LogP contribution in [0.3, 0.4) is 0 Å². The second-order valence-corrected chi connectivity index (χ2v) is 4.98. The van der Waals surface area contributed by atoms with Crippen LogP contribution in [0.25, 0.3) is 11.0 Å². The minimum Gasteiger partial charge on any atom is -0.458 e. The van der Waals surface area contributed by atoms with Crippen molar-refractivity contribution in [1.29, 1.82) is 0 Å². The number of para-hydroxylation sites is 1. The van der Waals surface area contributed by atoms with Crippen LogP contribution in [-0.4, -0.2) is 5.11 Å². The summed E-state index contributed by atoms with van der Waals surface area (Å²) in [6.45, 7) is 1.90. The lowest BCUT2D eigenvalue weighted by Gasteiger charge is -2.10. The van der Waals surface area contributed by atoms with Crippen molar-refractivity contribution in [1.82, 2.24) is 0 Å². The first-order valence-corrected chi connectivity index (χ1v) is 6.55. The lowest BCUT2D eigenvalue weighted by molar-refractivity contribution is 0.152. The summed E-state index contributed by atoms with van der Waals surface area (Å²) in [5.74, 6) is 0.220. The number of aliphatic hydroxyl groups is 1. The molecule has 1 unspecified atom stereocenters. The van der Waals surface area contributed by atoms with Crippen molar-refractivity contribution in [3.8, 4) is 0 Å². The summed E-state index contributed by atoms with van der Waals surface area (Å²) < 4.78 is 18.9. The van der Waals surface area contributed by atoms with Crippen LogP contribution in [0.1, 0.15) is 23.0 Å². The van der Waals surface area contributed by atoms with E-state index in [0.29, 0.717) is 12.2 Å². The third-order valence-corrected chi connectivity index (χ3v) is 3.50. The monoisotopic (exact) mass is 270 g/mol. The van der Waals surface area contributed by atoms with E-state index < -0.39 is 6.10 Å². The minimum absolute atomic E-state index is 0.289. The second kappa shape index (κ2) is 5.10. The van der Waals surface area contributed by atoms with Crippen LogP contribution in [0.4, 0.5) is 4.39 Å². The molecular weight excluding hydrogens is 255 g/mol. The molecule has 0 fully saturated rings. The zero-order valence-electron chi connectivity index (χ0n) is 11.1. The molecule has 0 aliphatic rings. The molecule has 3 heteroatoms. The highest BCUT2D eigenvalue weighted by molar-refractivity contribution is 5.77. The van der Waals surface area contributed by atoms with Gasteiger partial charge in [-0.25, -0.2) is 4.39 Å². The highest BCUT2D eigenvalue weighted by Crippen LogP contribution is 2.27. The average Bonchev–Trinajstić information content (AvgIpc) is 2.87. The third kappa shape index (κ3) is 2.45. The molecule has 3 aromatic rings. The molecule has 2 nitrogen and oxygen atoms in total. The van der Waals surface area contributed by atoms with Crippen LogP contribution < -0.4 is 0 Å². The average molecular weight is 270 g/mol. The van der Waals surface area contributed by atoms with Crippen LogP contribution in [0.15, 0.2) is 52.9 Å². The summed E-state index contributed by atoms with van der Waals surface area (Å²) in [7, 11) is 0. The molecule has 0 bridgehead atoms. The minimum atomic E-state index is -0.775. The van der Waals surface area contributed by atoms with E-state index in [2.05, 4.69) is 0 Å². The number of halogens is 1. The molecule has 1 N–H and O–H groups in total. The maximum atomic E-state index is 13.3. The first kappa shape index (κ1) is 12.9. The number of aliphatic hydroxyl groups excluding tert-OH is 1. The van der Waals surface area contributed by atoms with Gasteiger partial charge < -0.3 is 9.52 Å². The molecule has 0 saturated carbocycles. The standard InChI is InChI=1S/C17H15FO2/c1-11-6-7-14(18)8-13(11)9-15(19)17-10-12-4-2-3-5-16(12)20-17/h2-8,10,15,19H,9H2,1H3. The van der Waals surface area contributed by atoms with Gasteiger partial charge in [-0.1, -0.05) is 24.3 Å². The van der Waals surface area contributed by atoms with E-state index >= 15 is 0 Å². The summed E-state index contributed by atoms with van der Waals surface area (Å²) in [4.78, 5) is 0. The number of furan rings is 1. The second-order valence-electron chi connectivity index (χ2n) is 4.98. The molecule has 0 saturated heterocycles. The third-order valence-electron chi connectivity index (χ3n) is 3.50. The van der Waals surface area contributed by atoms with Gasteiger partial charge in [0.1, 0.15) is 23.3 Å². The Morgan fingerprint density at radius 2 is 1.95 bits per heavy atom. The van der Waals surface area contributed by atoms with Gasteiger partial charge in [-0.3, -0.25) is 0 Å². The van der Waals surface area contributed by atoms with Gasteiger partial charge in [0.2, 0.25) is 0 Å². The topological polar surface area (TPSA) is 33.4 Å². The van der Waals surface area contributed by atoms with Crippen LogP contribution >= 0.6 is 0 Å². The van der Waals surface area contributed by atoms with E-state index in [1.54, 1.807) is 6.07 Å². The molecule has 1 heterocycles. The van der Waals surface area contributed by atoms with E-state index in [0.717, 1.165) is 22.1 Å². The maximum Gasteiger partial charge on any atom is 0.134 e. The lowest BCUT2D eigenvalue weighted by Crippen LogP contribution is -2.02. The maximum absolute atomic E-state index is 13.3. The van der Waals surface area contributed by atoms with Crippen molar-refractivity contribution in [3.63, 3.8) is 0 Å². The number of hydrogen-bond acceptors (Lipinski definition) is 2. The lowest BCUT2D eigenvalue weighted by atomic mass is 10.0. The number of aryl methyl sites for hydroxylation is 1. The fourth-order valence-corrected chi connectivity index (χ4v) is 2.34. The Bertz CT molecular complexity index is 713. The van der Waals surface area contributed by atoms with Crippen molar-refractivity contribution in [3.05, 3.63) is 71.2 Å². The summed E-state index contributed by atoms with van der Waals surface area (Å²) in [5.41, 5.74) is 2.50. The summed E-state index contributed by atoms with van der Waals surface area (Å²) >= 11 is 0. The number of rotatable bonds is 3. The van der Waals surface area contributed by atoms with E-state index in [-0.39, 0.29) is 5.82 Å². The fraction of sp³-hybridized carbons (Fsp3) is 0.176. The SMILES string of the molecule is Cc1ccc(F)cc1CC(O)c1cc2ccccc2o1. The summed E-state index contributed by atoms with van der Waals surface area (Å²) in [6.07, 6.45) is -0.438. The smallest absolute Gasteiger partial charge is 0.134 e.